The molecule has 0 unspecified atom stereocenters. The van der Waals surface area contributed by atoms with E-state index in [-0.39, 0.29) is 29.0 Å². The van der Waals surface area contributed by atoms with Gasteiger partial charge in [-0.15, -0.1) is 0 Å². The van der Waals surface area contributed by atoms with E-state index in [0.717, 1.165) is 24.6 Å². The van der Waals surface area contributed by atoms with E-state index in [1.165, 1.54) is 12.1 Å². The maximum atomic E-state index is 11.6. The molecule has 3 rings (SSSR count). The Morgan fingerprint density at radius 2 is 1.92 bits per heavy atom. The zero-order chi connectivity index (χ0) is 18.8. The number of Topliss-reactive ketones (excluding diaryl/α,β-unsaturated/α-hetero) is 1. The quantitative estimate of drug-likeness (QED) is 0.603. The predicted molar refractivity (Wildman–Crippen MR) is 91.9 cm³/mol. The highest BCUT2D eigenvalue weighted by Gasteiger charge is 2.41. The molecule has 0 aliphatic heterocycles. The van der Waals surface area contributed by atoms with Crippen molar-refractivity contribution >= 4 is 28.6 Å². The first kappa shape index (κ1) is 17.9. The molecule has 0 amide bonds. The van der Waals surface area contributed by atoms with Gasteiger partial charge in [0, 0.05) is 30.0 Å². The second-order valence-corrected chi connectivity index (χ2v) is 6.54. The smallest absolute Gasteiger partial charge is 0.301 e. The first-order valence-electron chi connectivity index (χ1n) is 8.34. The molecule has 0 bridgehead atoms. The van der Waals surface area contributed by atoms with E-state index in [1.54, 1.807) is 0 Å². The Balaban J connectivity index is 1.81. The van der Waals surface area contributed by atoms with Crippen LogP contribution in [0.4, 0.5) is 17.1 Å². The van der Waals surface area contributed by atoms with Crippen molar-refractivity contribution in [3.05, 3.63) is 38.4 Å². The predicted octanol–water partition coefficient (Wildman–Crippen LogP) is 2.41. The maximum Gasteiger partial charge on any atom is 0.301 e. The van der Waals surface area contributed by atoms with Crippen molar-refractivity contribution in [2.75, 3.05) is 5.43 Å². The van der Waals surface area contributed by atoms with Crippen LogP contribution in [-0.4, -0.2) is 32.6 Å². The zero-order valence-corrected chi connectivity index (χ0v) is 13.8. The molecule has 0 spiro atoms. The standard InChI is InChI=1S/C16H18N4O6/c21-15-7-5-11(16(15)22)10-2-1-3-12(10)17-18-13-6-4-9(19(23)24)8-14(13)20(25)26/h4,6,8,10-11,16,18,22H,1-3,5,7H2/b17-12-/t10-,11+,16-/m0/s1. The van der Waals surface area contributed by atoms with Gasteiger partial charge in [0.15, 0.2) is 5.78 Å². The summed E-state index contributed by atoms with van der Waals surface area (Å²) in [5, 5.41) is 36.3. The van der Waals surface area contributed by atoms with E-state index in [9.17, 15) is 30.1 Å². The van der Waals surface area contributed by atoms with Gasteiger partial charge in [-0.3, -0.25) is 30.4 Å². The fourth-order valence-electron chi connectivity index (χ4n) is 3.74. The van der Waals surface area contributed by atoms with Crippen LogP contribution in [0.3, 0.4) is 0 Å². The molecule has 1 aromatic carbocycles. The SMILES string of the molecule is O=C1CC[C@H]([C@@H]2CCC/C2=N/Nc2ccc([N+](=O)[O-])cc2[N+](=O)[O-])[C@@H]1O. The average Bonchev–Trinajstić information content (AvgIpc) is 3.19. The monoisotopic (exact) mass is 362 g/mol. The summed E-state index contributed by atoms with van der Waals surface area (Å²) in [5.74, 6) is -0.362. The third-order valence-electron chi connectivity index (χ3n) is 5.06. The Hall–Kier alpha value is -2.88. The summed E-state index contributed by atoms with van der Waals surface area (Å²) in [6.45, 7) is 0. The number of hydrogen-bond acceptors (Lipinski definition) is 8. The number of ketones is 1. The van der Waals surface area contributed by atoms with Crippen molar-refractivity contribution in [1.82, 2.24) is 0 Å². The molecule has 0 aromatic heterocycles. The van der Waals surface area contributed by atoms with Crippen LogP contribution in [0.25, 0.3) is 0 Å². The van der Waals surface area contributed by atoms with Gasteiger partial charge in [0.1, 0.15) is 11.8 Å². The molecule has 2 saturated carbocycles. The minimum absolute atomic E-state index is 0.0407. The Labute approximate surface area is 148 Å². The molecule has 2 aliphatic carbocycles. The Morgan fingerprint density at radius 3 is 2.54 bits per heavy atom. The highest BCUT2D eigenvalue weighted by Crippen LogP contribution is 2.38. The molecule has 0 saturated heterocycles. The Kier molecular flexibility index (Phi) is 4.94. The van der Waals surface area contributed by atoms with Gasteiger partial charge in [0.05, 0.1) is 15.9 Å². The summed E-state index contributed by atoms with van der Waals surface area (Å²) in [4.78, 5) is 32.1. The number of benzene rings is 1. The van der Waals surface area contributed by atoms with Crippen LogP contribution in [0.1, 0.15) is 32.1 Å². The summed E-state index contributed by atoms with van der Waals surface area (Å²) in [6, 6.07) is 3.30. The maximum absolute atomic E-state index is 11.6. The number of carbonyl (C=O) groups excluding carboxylic acids is 1. The summed E-state index contributed by atoms with van der Waals surface area (Å²) in [6.07, 6.45) is 2.34. The second kappa shape index (κ2) is 7.16. The number of hydrazone groups is 1. The highest BCUT2D eigenvalue weighted by molar-refractivity contribution is 5.92. The largest absolute Gasteiger partial charge is 0.385 e. The van der Waals surface area contributed by atoms with Crippen LogP contribution in [0.2, 0.25) is 0 Å². The topological polar surface area (TPSA) is 148 Å². The van der Waals surface area contributed by atoms with Crippen LogP contribution >= 0.6 is 0 Å². The van der Waals surface area contributed by atoms with Crippen LogP contribution in [0, 0.1) is 32.1 Å². The molecule has 2 fully saturated rings. The number of rotatable bonds is 5. The van der Waals surface area contributed by atoms with Gasteiger partial charge in [-0.05, 0) is 31.7 Å². The molecule has 1 aromatic rings. The zero-order valence-electron chi connectivity index (χ0n) is 13.8. The first-order chi connectivity index (χ1) is 12.4. The number of anilines is 1. The van der Waals surface area contributed by atoms with E-state index >= 15 is 0 Å². The number of hydrogen-bond donors (Lipinski definition) is 2. The van der Waals surface area contributed by atoms with Crippen molar-refractivity contribution in [3.63, 3.8) is 0 Å². The van der Waals surface area contributed by atoms with Crippen molar-refractivity contribution in [2.24, 2.45) is 16.9 Å². The lowest BCUT2D eigenvalue weighted by molar-refractivity contribution is -0.393. The normalized spacial score (nSPS) is 27.0. The number of nitro benzene ring substituents is 2. The molecule has 10 nitrogen and oxygen atoms in total. The third kappa shape index (κ3) is 3.40. The molecule has 2 N–H and O–H groups in total. The lowest BCUT2D eigenvalue weighted by atomic mass is 9.87. The molecule has 138 valence electrons. The second-order valence-electron chi connectivity index (χ2n) is 6.54. The molecule has 2 aliphatic rings. The van der Waals surface area contributed by atoms with Gasteiger partial charge in [-0.25, -0.2) is 0 Å². The number of non-ortho nitro benzene ring substituents is 1. The summed E-state index contributed by atoms with van der Waals surface area (Å²) >= 11 is 0. The van der Waals surface area contributed by atoms with Gasteiger partial charge in [-0.2, -0.15) is 5.10 Å². The summed E-state index contributed by atoms with van der Waals surface area (Å²) in [5.41, 5.74) is 2.65. The highest BCUT2D eigenvalue weighted by atomic mass is 16.6. The van der Waals surface area contributed by atoms with E-state index in [1.807, 2.05) is 0 Å². The number of nitro groups is 2. The molecule has 26 heavy (non-hydrogen) atoms. The van der Waals surface area contributed by atoms with E-state index in [2.05, 4.69) is 10.5 Å². The first-order valence-corrected chi connectivity index (χ1v) is 8.34. The van der Waals surface area contributed by atoms with E-state index in [0.29, 0.717) is 19.3 Å². The van der Waals surface area contributed by atoms with Crippen molar-refractivity contribution in [1.29, 1.82) is 0 Å². The lowest BCUT2D eigenvalue weighted by Gasteiger charge is -2.21. The molecule has 0 heterocycles. The number of nitrogens with zero attached hydrogens (tertiary/aromatic N) is 3. The minimum Gasteiger partial charge on any atom is -0.385 e. The number of carbonyl (C=O) groups is 1. The minimum atomic E-state index is -0.975. The lowest BCUT2D eigenvalue weighted by Crippen LogP contribution is -2.29. The fourth-order valence-corrected chi connectivity index (χ4v) is 3.74. The van der Waals surface area contributed by atoms with Gasteiger partial charge in [0.2, 0.25) is 0 Å². The third-order valence-corrected chi connectivity index (χ3v) is 5.06. The van der Waals surface area contributed by atoms with Gasteiger partial charge in [0.25, 0.3) is 5.69 Å². The molecular weight excluding hydrogens is 344 g/mol. The van der Waals surface area contributed by atoms with Crippen molar-refractivity contribution in [2.45, 2.75) is 38.2 Å². The summed E-state index contributed by atoms with van der Waals surface area (Å²) < 4.78 is 0. The fraction of sp³-hybridized carbons (Fsp3) is 0.500. The molecule has 0 radical (unpaired) electrons. The van der Waals surface area contributed by atoms with Crippen LogP contribution in [0.5, 0.6) is 0 Å². The number of nitrogens with one attached hydrogen (secondary N) is 1. The van der Waals surface area contributed by atoms with Crippen molar-refractivity contribution < 1.29 is 19.7 Å². The van der Waals surface area contributed by atoms with Crippen molar-refractivity contribution in [3.8, 4) is 0 Å². The number of aliphatic hydroxyl groups is 1. The van der Waals surface area contributed by atoms with E-state index < -0.39 is 21.6 Å². The van der Waals surface area contributed by atoms with Gasteiger partial charge < -0.3 is 5.11 Å². The Morgan fingerprint density at radius 1 is 1.15 bits per heavy atom. The average molecular weight is 362 g/mol. The molecule has 3 atom stereocenters. The van der Waals surface area contributed by atoms with Crippen LogP contribution in [-0.2, 0) is 4.79 Å². The number of aliphatic hydroxyl groups excluding tert-OH is 1. The van der Waals surface area contributed by atoms with Crippen LogP contribution in [0.15, 0.2) is 23.3 Å². The van der Waals surface area contributed by atoms with Crippen LogP contribution < -0.4 is 5.43 Å². The van der Waals surface area contributed by atoms with Gasteiger partial charge in [-0.1, -0.05) is 0 Å². The van der Waals surface area contributed by atoms with E-state index in [4.69, 9.17) is 0 Å². The van der Waals surface area contributed by atoms with Gasteiger partial charge >= 0.3 is 5.69 Å². The molecular formula is C16H18N4O6. The summed E-state index contributed by atoms with van der Waals surface area (Å²) in [7, 11) is 0. The Bertz CT molecular complexity index is 793. The molecule has 10 heteroatoms.